The van der Waals surface area contributed by atoms with Crippen molar-refractivity contribution in [2.75, 3.05) is 4.90 Å². The first kappa shape index (κ1) is 38.9. The zero-order valence-electron chi connectivity index (χ0n) is 36.2. The predicted octanol–water partition coefficient (Wildman–Crippen LogP) is 16.0. The number of rotatable bonds is 7. The Balaban J connectivity index is 1.27. The van der Waals surface area contributed by atoms with E-state index < -0.39 is 0 Å². The normalized spacial score (nSPS) is 12.0. The van der Waals surface area contributed by atoms with E-state index in [4.69, 9.17) is 9.97 Å². The third-order valence-electron chi connectivity index (χ3n) is 12.1. The number of anilines is 3. The number of para-hydroxylation sites is 2. The van der Waals surface area contributed by atoms with Gasteiger partial charge >= 0.3 is 0 Å². The fourth-order valence-electron chi connectivity index (χ4n) is 8.70. The summed E-state index contributed by atoms with van der Waals surface area (Å²) in [6.07, 6.45) is 1.87. The van der Waals surface area contributed by atoms with Crippen molar-refractivity contribution in [1.29, 1.82) is 0 Å². The number of aromatic nitrogens is 3. The third-order valence-corrected chi connectivity index (χ3v) is 12.1. The van der Waals surface area contributed by atoms with E-state index >= 15 is 0 Å². The summed E-state index contributed by atoms with van der Waals surface area (Å²) in [6, 6.07) is 65.6. The Labute approximate surface area is 364 Å². The molecular weight excluding hydrogens is 753 g/mol. The molecule has 0 aliphatic carbocycles. The summed E-state index contributed by atoms with van der Waals surface area (Å²) in [4.78, 5) is 16.7. The molecule has 0 amide bonds. The second-order valence-electron chi connectivity index (χ2n) is 18.5. The molecule has 0 radical (unpaired) electrons. The highest BCUT2D eigenvalue weighted by atomic mass is 15.2. The van der Waals surface area contributed by atoms with Crippen LogP contribution >= 0.6 is 0 Å². The van der Waals surface area contributed by atoms with Crippen molar-refractivity contribution in [2.24, 2.45) is 0 Å². The molecule has 0 aliphatic rings. The van der Waals surface area contributed by atoms with Crippen LogP contribution in [0, 0.1) is 0 Å². The first-order valence-corrected chi connectivity index (χ1v) is 21.6. The maximum absolute atomic E-state index is 5.64. The van der Waals surface area contributed by atoms with E-state index in [9.17, 15) is 0 Å². The molecule has 0 bridgehead atoms. The van der Waals surface area contributed by atoms with Crippen molar-refractivity contribution in [2.45, 2.75) is 52.4 Å². The first-order valence-electron chi connectivity index (χ1n) is 21.6. The number of H-pyrrole nitrogens is 1. The van der Waals surface area contributed by atoms with Crippen LogP contribution in [0.3, 0.4) is 0 Å². The molecule has 4 heteroatoms. The van der Waals surface area contributed by atoms with Gasteiger partial charge in [0.2, 0.25) is 0 Å². The fourth-order valence-corrected chi connectivity index (χ4v) is 8.70. The van der Waals surface area contributed by atoms with E-state index in [-0.39, 0.29) is 10.8 Å². The van der Waals surface area contributed by atoms with Crippen molar-refractivity contribution >= 4 is 49.8 Å². The van der Waals surface area contributed by atoms with Crippen molar-refractivity contribution in [3.63, 3.8) is 0 Å². The number of hydrogen-bond acceptors (Lipinski definition) is 3. The van der Waals surface area contributed by atoms with E-state index in [1.807, 2.05) is 12.3 Å². The van der Waals surface area contributed by atoms with E-state index in [0.717, 1.165) is 72.8 Å². The monoisotopic (exact) mass is 802 g/mol. The number of benzene rings is 7. The molecule has 4 nitrogen and oxygen atoms in total. The average molecular weight is 803 g/mol. The Morgan fingerprint density at radius 1 is 0.452 bits per heavy atom. The van der Waals surface area contributed by atoms with Gasteiger partial charge in [-0.15, -0.1) is 0 Å². The molecule has 3 aromatic heterocycles. The molecule has 0 atom stereocenters. The van der Waals surface area contributed by atoms with E-state index in [1.54, 1.807) is 0 Å². The number of aromatic amines is 1. The molecule has 1 N–H and O–H groups in total. The SMILES string of the molecule is CC(C)(C)c1cc(-c2cc(-c3cc(-c4ccccc4)cc(N(c4ccccn4)c4cccc5ccccc45)c3)nc(-c3cccc4c3[nH]c3ccccc34)c2)cc(C(C)(C)C)c1. The van der Waals surface area contributed by atoms with Crippen LogP contribution in [-0.4, -0.2) is 15.0 Å². The summed E-state index contributed by atoms with van der Waals surface area (Å²) in [6.45, 7) is 13.8. The molecule has 62 heavy (non-hydrogen) atoms. The predicted molar refractivity (Wildman–Crippen MR) is 263 cm³/mol. The summed E-state index contributed by atoms with van der Waals surface area (Å²) in [5, 5.41) is 4.71. The minimum Gasteiger partial charge on any atom is -0.354 e. The molecule has 0 unspecified atom stereocenters. The molecule has 0 aliphatic heterocycles. The highest BCUT2D eigenvalue weighted by molar-refractivity contribution is 6.11. The van der Waals surface area contributed by atoms with Crippen LogP contribution < -0.4 is 4.90 Å². The quantitative estimate of drug-likeness (QED) is 0.175. The number of nitrogens with one attached hydrogen (secondary N) is 1. The summed E-state index contributed by atoms with van der Waals surface area (Å²) in [5.41, 5.74) is 15.2. The summed E-state index contributed by atoms with van der Waals surface area (Å²) in [5.74, 6) is 0.835. The highest BCUT2D eigenvalue weighted by Gasteiger charge is 2.24. The Hall–Kier alpha value is -7.30. The third kappa shape index (κ3) is 7.32. The lowest BCUT2D eigenvalue weighted by Crippen LogP contribution is -2.16. The molecule has 0 saturated heterocycles. The molecule has 3 heterocycles. The Morgan fingerprint density at radius 3 is 1.82 bits per heavy atom. The number of fused-ring (bicyclic) bond motifs is 4. The highest BCUT2D eigenvalue weighted by Crippen LogP contribution is 2.43. The van der Waals surface area contributed by atoms with Crippen LogP contribution in [0.15, 0.2) is 188 Å². The molecule has 302 valence electrons. The topological polar surface area (TPSA) is 44.8 Å². The van der Waals surface area contributed by atoms with Crippen LogP contribution in [0.5, 0.6) is 0 Å². The van der Waals surface area contributed by atoms with Crippen molar-refractivity contribution in [3.05, 3.63) is 199 Å². The van der Waals surface area contributed by atoms with Gasteiger partial charge < -0.3 is 4.98 Å². The molecular formula is C58H50N4. The van der Waals surface area contributed by atoms with Crippen molar-refractivity contribution < 1.29 is 0 Å². The smallest absolute Gasteiger partial charge is 0.137 e. The maximum atomic E-state index is 5.64. The molecule has 7 aromatic carbocycles. The van der Waals surface area contributed by atoms with Crippen LogP contribution in [0.1, 0.15) is 52.7 Å². The fraction of sp³-hybridized carbons (Fsp3) is 0.138. The average Bonchev–Trinajstić information content (AvgIpc) is 3.68. The first-order chi connectivity index (χ1) is 30.0. The van der Waals surface area contributed by atoms with Gasteiger partial charge in [0.1, 0.15) is 5.82 Å². The molecule has 0 saturated carbocycles. The summed E-state index contributed by atoms with van der Waals surface area (Å²) < 4.78 is 0. The summed E-state index contributed by atoms with van der Waals surface area (Å²) >= 11 is 0. The van der Waals surface area contributed by atoms with Gasteiger partial charge in [-0.25, -0.2) is 9.97 Å². The van der Waals surface area contributed by atoms with Crippen LogP contribution in [0.25, 0.3) is 77.3 Å². The van der Waals surface area contributed by atoms with Crippen LogP contribution in [0.2, 0.25) is 0 Å². The van der Waals surface area contributed by atoms with Crippen molar-refractivity contribution in [3.8, 4) is 44.8 Å². The lowest BCUT2D eigenvalue weighted by molar-refractivity contribution is 0.569. The maximum Gasteiger partial charge on any atom is 0.137 e. The van der Waals surface area contributed by atoms with Gasteiger partial charge in [0.25, 0.3) is 0 Å². The Bertz CT molecular complexity index is 3220. The van der Waals surface area contributed by atoms with E-state index in [0.29, 0.717) is 0 Å². The minimum absolute atomic E-state index is 0.0416. The minimum atomic E-state index is -0.0416. The van der Waals surface area contributed by atoms with E-state index in [1.165, 1.54) is 32.8 Å². The van der Waals surface area contributed by atoms with Crippen LogP contribution in [-0.2, 0) is 10.8 Å². The second-order valence-corrected chi connectivity index (χ2v) is 18.5. The van der Waals surface area contributed by atoms with Gasteiger partial charge in [0.15, 0.2) is 0 Å². The van der Waals surface area contributed by atoms with Gasteiger partial charge in [-0.1, -0.05) is 169 Å². The Morgan fingerprint density at radius 2 is 1.06 bits per heavy atom. The van der Waals surface area contributed by atoms with Gasteiger partial charge in [-0.2, -0.15) is 0 Å². The zero-order valence-corrected chi connectivity index (χ0v) is 36.2. The van der Waals surface area contributed by atoms with Crippen LogP contribution in [0.4, 0.5) is 17.2 Å². The zero-order chi connectivity index (χ0) is 42.6. The van der Waals surface area contributed by atoms with Gasteiger partial charge in [0.05, 0.1) is 22.6 Å². The largest absolute Gasteiger partial charge is 0.354 e. The molecule has 10 rings (SSSR count). The Kier molecular flexibility index (Phi) is 9.60. The standard InChI is InChI=1S/C58H50N4/c1-57(2,3)44-31-41(32-45(37-44)58(4,5)6)42-35-52(60-53(36-42)50-25-17-24-49-48-23-12-13-26-51(48)61-56(49)50)43-30-40(38-18-8-7-9-19-38)33-46(34-43)62(55-28-14-15-29-59-55)54-27-16-21-39-20-10-11-22-47(39)54/h7-37,61H,1-6H3. The second kappa shape index (κ2) is 15.3. The molecule has 0 fully saturated rings. The number of pyridine rings is 2. The van der Waals surface area contributed by atoms with E-state index in [2.05, 4.69) is 227 Å². The lowest BCUT2D eigenvalue weighted by atomic mass is 9.79. The lowest BCUT2D eigenvalue weighted by Gasteiger charge is -2.27. The van der Waals surface area contributed by atoms with Gasteiger partial charge in [-0.3, -0.25) is 4.90 Å². The van der Waals surface area contributed by atoms with Crippen molar-refractivity contribution in [1.82, 2.24) is 15.0 Å². The van der Waals surface area contributed by atoms with Gasteiger partial charge in [0, 0.05) is 44.7 Å². The molecule has 10 aromatic rings. The molecule has 0 spiro atoms. The summed E-state index contributed by atoms with van der Waals surface area (Å²) in [7, 11) is 0. The number of hydrogen-bond donors (Lipinski definition) is 1. The van der Waals surface area contributed by atoms with Gasteiger partial charge in [-0.05, 0) is 104 Å². The number of nitrogens with zero attached hydrogens (tertiary/aromatic N) is 3.